The molecule has 0 bridgehead atoms. The van der Waals surface area contributed by atoms with Crippen molar-refractivity contribution in [2.75, 3.05) is 0 Å². The van der Waals surface area contributed by atoms with Gasteiger partial charge in [-0.15, -0.1) is 0 Å². The molecule has 0 radical (unpaired) electrons. The van der Waals surface area contributed by atoms with Crippen molar-refractivity contribution in [2.24, 2.45) is 11.8 Å². The van der Waals surface area contributed by atoms with Crippen LogP contribution in [0.4, 0.5) is 0 Å². The van der Waals surface area contributed by atoms with Gasteiger partial charge in [-0.05, 0) is 77.1 Å². The number of halogens is 1. The maximum atomic E-state index is 3.58. The van der Waals surface area contributed by atoms with E-state index in [0.717, 1.165) is 11.8 Å². The summed E-state index contributed by atoms with van der Waals surface area (Å²) in [4.78, 5) is 3.58. The summed E-state index contributed by atoms with van der Waals surface area (Å²) in [6.07, 6.45) is 6.58. The third-order valence-electron chi connectivity index (χ3n) is 5.03. The fourth-order valence-corrected chi connectivity index (χ4v) is 4.00. The molecule has 1 heterocycles. The number of aromatic nitrogens is 1. The van der Waals surface area contributed by atoms with Gasteiger partial charge in [-0.25, -0.2) is 0 Å². The zero-order valence-electron chi connectivity index (χ0n) is 15.0. The zero-order chi connectivity index (χ0) is 17.1. The smallest absolute Gasteiger partial charge is 0.0467 e. The van der Waals surface area contributed by atoms with E-state index in [1.807, 2.05) is 0 Å². The Morgan fingerprint density at radius 2 is 1.71 bits per heavy atom. The second kappa shape index (κ2) is 7.90. The lowest BCUT2D eigenvalue weighted by atomic mass is 9.94. The summed E-state index contributed by atoms with van der Waals surface area (Å²) in [7, 11) is 0. The lowest BCUT2D eigenvalue weighted by Gasteiger charge is -2.12. The van der Waals surface area contributed by atoms with E-state index in [0.29, 0.717) is 0 Å². The van der Waals surface area contributed by atoms with Crippen molar-refractivity contribution in [2.45, 2.75) is 52.9 Å². The van der Waals surface area contributed by atoms with Gasteiger partial charge in [-0.3, -0.25) is 0 Å². The van der Waals surface area contributed by atoms with E-state index in [1.165, 1.54) is 63.0 Å². The van der Waals surface area contributed by atoms with Crippen LogP contribution in [0, 0.1) is 15.4 Å². The lowest BCUT2D eigenvalue weighted by Crippen LogP contribution is -1.99. The highest BCUT2D eigenvalue weighted by atomic mass is 127. The van der Waals surface area contributed by atoms with Crippen LogP contribution in [-0.4, -0.2) is 4.98 Å². The van der Waals surface area contributed by atoms with Crippen molar-refractivity contribution in [1.82, 2.24) is 4.98 Å². The Morgan fingerprint density at radius 1 is 0.875 bits per heavy atom. The highest BCUT2D eigenvalue weighted by molar-refractivity contribution is 14.1. The molecule has 0 aliphatic carbocycles. The second-order valence-electron chi connectivity index (χ2n) is 7.66. The number of aryl methyl sites for hydroxylation is 1. The number of hydrogen-bond acceptors (Lipinski definition) is 0. The van der Waals surface area contributed by atoms with Gasteiger partial charge in [-0.1, -0.05) is 52.2 Å². The summed E-state index contributed by atoms with van der Waals surface area (Å²) in [5.74, 6) is 1.66. The molecule has 1 aromatic heterocycles. The minimum atomic E-state index is 0.823. The molecule has 3 aromatic rings. The second-order valence-corrected chi connectivity index (χ2v) is 8.91. The van der Waals surface area contributed by atoms with E-state index in [-0.39, 0.29) is 0 Å². The largest absolute Gasteiger partial charge is 0.355 e. The fourth-order valence-electron chi connectivity index (χ4n) is 3.51. The standard InChI is InChI=1S/C22H28IN/c1-15(2)5-4-6-16(3)7-8-17-9-11-19-20-14-18(23)10-12-21(20)24-22(19)13-17/h9-16,24H,4-8H2,1-3H3. The molecule has 0 aliphatic rings. The van der Waals surface area contributed by atoms with Gasteiger partial charge in [-0.2, -0.15) is 0 Å². The normalized spacial score (nSPS) is 13.2. The number of aromatic amines is 1. The first-order valence-corrected chi connectivity index (χ1v) is 10.3. The van der Waals surface area contributed by atoms with Crippen LogP contribution in [0.25, 0.3) is 21.8 Å². The quantitative estimate of drug-likeness (QED) is 0.376. The first-order chi connectivity index (χ1) is 11.5. The molecule has 0 amide bonds. The van der Waals surface area contributed by atoms with Crippen molar-refractivity contribution in [3.63, 3.8) is 0 Å². The first-order valence-electron chi connectivity index (χ1n) is 9.23. The number of nitrogens with one attached hydrogen (secondary N) is 1. The Labute approximate surface area is 159 Å². The fraction of sp³-hybridized carbons (Fsp3) is 0.455. The summed E-state index contributed by atoms with van der Waals surface area (Å²) in [5.41, 5.74) is 3.97. The molecule has 1 atom stereocenters. The number of benzene rings is 2. The maximum absolute atomic E-state index is 3.58. The van der Waals surface area contributed by atoms with Crippen molar-refractivity contribution < 1.29 is 0 Å². The molecule has 3 rings (SSSR count). The average molecular weight is 433 g/mol. The molecule has 2 aromatic carbocycles. The molecule has 2 heteroatoms. The van der Waals surface area contributed by atoms with Crippen LogP contribution in [0.1, 0.15) is 52.0 Å². The molecule has 24 heavy (non-hydrogen) atoms. The van der Waals surface area contributed by atoms with Crippen LogP contribution in [0.5, 0.6) is 0 Å². The SMILES string of the molecule is CC(C)CCCC(C)CCc1ccc2c(c1)[nH]c1ccc(I)cc12. The van der Waals surface area contributed by atoms with Gasteiger partial charge in [0.25, 0.3) is 0 Å². The Balaban J connectivity index is 1.66. The van der Waals surface area contributed by atoms with Gasteiger partial charge in [0.1, 0.15) is 0 Å². The van der Waals surface area contributed by atoms with E-state index in [9.17, 15) is 0 Å². The summed E-state index contributed by atoms with van der Waals surface area (Å²) in [6.45, 7) is 7.05. The Bertz CT molecular complexity index is 815. The van der Waals surface area contributed by atoms with Gasteiger partial charge in [0.2, 0.25) is 0 Å². The predicted molar refractivity (Wildman–Crippen MR) is 115 cm³/mol. The van der Waals surface area contributed by atoms with Gasteiger partial charge < -0.3 is 4.98 Å². The monoisotopic (exact) mass is 433 g/mol. The maximum Gasteiger partial charge on any atom is 0.0467 e. The molecule has 1 N–H and O–H groups in total. The average Bonchev–Trinajstić information content (AvgIpc) is 2.89. The van der Waals surface area contributed by atoms with E-state index in [2.05, 4.69) is 84.7 Å². The highest BCUT2D eigenvalue weighted by Crippen LogP contribution is 2.28. The molecule has 0 saturated carbocycles. The van der Waals surface area contributed by atoms with Gasteiger partial charge in [0.05, 0.1) is 0 Å². The summed E-state index contributed by atoms with van der Waals surface area (Å²) >= 11 is 2.39. The van der Waals surface area contributed by atoms with Crippen LogP contribution >= 0.6 is 22.6 Å². The van der Waals surface area contributed by atoms with E-state index >= 15 is 0 Å². The number of H-pyrrole nitrogens is 1. The molecule has 128 valence electrons. The number of hydrogen-bond donors (Lipinski definition) is 1. The van der Waals surface area contributed by atoms with Crippen LogP contribution in [-0.2, 0) is 6.42 Å². The van der Waals surface area contributed by atoms with E-state index < -0.39 is 0 Å². The molecule has 0 spiro atoms. The van der Waals surface area contributed by atoms with Crippen molar-refractivity contribution in [1.29, 1.82) is 0 Å². The minimum absolute atomic E-state index is 0.823. The number of fused-ring (bicyclic) bond motifs is 3. The molecule has 1 nitrogen and oxygen atoms in total. The van der Waals surface area contributed by atoms with Gasteiger partial charge in [0, 0.05) is 25.4 Å². The van der Waals surface area contributed by atoms with Crippen molar-refractivity contribution >= 4 is 44.4 Å². The van der Waals surface area contributed by atoms with Crippen molar-refractivity contribution in [3.8, 4) is 0 Å². The third kappa shape index (κ3) is 4.33. The molecule has 0 saturated heterocycles. The number of rotatable bonds is 7. The third-order valence-corrected chi connectivity index (χ3v) is 5.70. The zero-order valence-corrected chi connectivity index (χ0v) is 17.2. The Hall–Kier alpha value is -1.03. The van der Waals surface area contributed by atoms with Crippen LogP contribution in [0.3, 0.4) is 0 Å². The Morgan fingerprint density at radius 3 is 2.50 bits per heavy atom. The van der Waals surface area contributed by atoms with Crippen LogP contribution in [0.15, 0.2) is 36.4 Å². The van der Waals surface area contributed by atoms with Crippen LogP contribution in [0.2, 0.25) is 0 Å². The van der Waals surface area contributed by atoms with E-state index in [4.69, 9.17) is 0 Å². The minimum Gasteiger partial charge on any atom is -0.355 e. The Kier molecular flexibility index (Phi) is 5.85. The molecular formula is C22H28IN. The van der Waals surface area contributed by atoms with Crippen molar-refractivity contribution in [3.05, 3.63) is 45.5 Å². The predicted octanol–water partition coefficient (Wildman–Crippen LogP) is 7.32. The highest BCUT2D eigenvalue weighted by Gasteiger charge is 2.07. The van der Waals surface area contributed by atoms with E-state index in [1.54, 1.807) is 0 Å². The molecular weight excluding hydrogens is 405 g/mol. The van der Waals surface area contributed by atoms with Gasteiger partial charge in [0.15, 0.2) is 0 Å². The first kappa shape index (κ1) is 17.8. The topological polar surface area (TPSA) is 15.8 Å². The summed E-state index contributed by atoms with van der Waals surface area (Å²) in [5, 5.41) is 2.68. The summed E-state index contributed by atoms with van der Waals surface area (Å²) in [6, 6.07) is 13.6. The lowest BCUT2D eigenvalue weighted by molar-refractivity contribution is 0.437. The molecule has 0 fully saturated rings. The van der Waals surface area contributed by atoms with Gasteiger partial charge >= 0.3 is 0 Å². The summed E-state index contributed by atoms with van der Waals surface area (Å²) < 4.78 is 1.29. The molecule has 0 aliphatic heterocycles. The molecule has 1 unspecified atom stereocenters. The van der Waals surface area contributed by atoms with Crippen LogP contribution < -0.4 is 0 Å².